The second kappa shape index (κ2) is 7.12. The molecule has 3 aromatic rings. The average Bonchev–Trinajstić information content (AvgIpc) is 2.60. The van der Waals surface area contributed by atoms with Crippen molar-refractivity contribution in [2.75, 3.05) is 0 Å². The van der Waals surface area contributed by atoms with Crippen molar-refractivity contribution in [3.63, 3.8) is 0 Å². The van der Waals surface area contributed by atoms with Crippen molar-refractivity contribution >= 4 is 0 Å². The molecule has 0 aromatic heterocycles. The molecule has 0 saturated heterocycles. The molecule has 0 radical (unpaired) electrons. The van der Waals surface area contributed by atoms with Crippen molar-refractivity contribution in [2.45, 2.75) is 20.1 Å². The van der Waals surface area contributed by atoms with Crippen LogP contribution < -0.4 is 10.5 Å². The Morgan fingerprint density at radius 1 is 0.783 bits per heavy atom. The van der Waals surface area contributed by atoms with Crippen LogP contribution in [0.25, 0.3) is 11.1 Å². The van der Waals surface area contributed by atoms with Crippen LogP contribution in [0.1, 0.15) is 16.7 Å². The van der Waals surface area contributed by atoms with E-state index in [0.717, 1.165) is 16.9 Å². The molecule has 0 amide bonds. The fourth-order valence-corrected chi connectivity index (χ4v) is 2.67. The third-order valence-corrected chi connectivity index (χ3v) is 3.78. The summed E-state index contributed by atoms with van der Waals surface area (Å²) in [5.74, 6) is 0.888. The van der Waals surface area contributed by atoms with Gasteiger partial charge in [0, 0.05) is 6.54 Å². The molecule has 0 unspecified atom stereocenters. The molecule has 2 heteroatoms. The Morgan fingerprint density at radius 3 is 2.35 bits per heavy atom. The van der Waals surface area contributed by atoms with E-state index in [-0.39, 0.29) is 0 Å². The first-order chi connectivity index (χ1) is 11.2. The molecule has 3 aromatic carbocycles. The fourth-order valence-electron chi connectivity index (χ4n) is 2.67. The number of rotatable bonds is 5. The summed E-state index contributed by atoms with van der Waals surface area (Å²) in [5.41, 5.74) is 11.7. The van der Waals surface area contributed by atoms with Crippen LogP contribution in [0, 0.1) is 6.92 Å². The lowest BCUT2D eigenvalue weighted by Crippen LogP contribution is -1.98. The molecule has 2 nitrogen and oxygen atoms in total. The summed E-state index contributed by atoms with van der Waals surface area (Å²) >= 11 is 0. The summed E-state index contributed by atoms with van der Waals surface area (Å²) in [6.07, 6.45) is 0. The SMILES string of the molecule is Cc1cc(CN)cc(-c2cccc(COc3ccccc3)c2)c1. The van der Waals surface area contributed by atoms with Crippen LogP contribution in [-0.4, -0.2) is 0 Å². The molecule has 0 aliphatic carbocycles. The van der Waals surface area contributed by atoms with Gasteiger partial charge in [-0.2, -0.15) is 0 Å². The maximum absolute atomic E-state index is 5.83. The molecular formula is C21H21NO. The lowest BCUT2D eigenvalue weighted by molar-refractivity contribution is 0.306. The molecule has 0 heterocycles. The van der Waals surface area contributed by atoms with Crippen LogP contribution in [0.15, 0.2) is 72.8 Å². The van der Waals surface area contributed by atoms with Gasteiger partial charge in [-0.1, -0.05) is 54.1 Å². The van der Waals surface area contributed by atoms with Gasteiger partial charge in [0.05, 0.1) is 0 Å². The molecule has 0 fully saturated rings. The maximum Gasteiger partial charge on any atom is 0.119 e. The van der Waals surface area contributed by atoms with Crippen molar-refractivity contribution in [3.8, 4) is 16.9 Å². The Bertz CT molecular complexity index is 781. The van der Waals surface area contributed by atoms with Crippen molar-refractivity contribution in [3.05, 3.63) is 89.5 Å². The third-order valence-electron chi connectivity index (χ3n) is 3.78. The summed E-state index contributed by atoms with van der Waals surface area (Å²) < 4.78 is 5.83. The molecule has 116 valence electrons. The average molecular weight is 303 g/mol. The Kier molecular flexibility index (Phi) is 4.74. The van der Waals surface area contributed by atoms with E-state index in [9.17, 15) is 0 Å². The number of nitrogens with two attached hydrogens (primary N) is 1. The first kappa shape index (κ1) is 15.3. The zero-order valence-corrected chi connectivity index (χ0v) is 13.3. The summed E-state index contributed by atoms with van der Waals surface area (Å²) in [6.45, 7) is 3.23. The van der Waals surface area contributed by atoms with Crippen LogP contribution in [0.5, 0.6) is 5.75 Å². The monoisotopic (exact) mass is 303 g/mol. The summed E-state index contributed by atoms with van der Waals surface area (Å²) in [6, 6.07) is 24.8. The largest absolute Gasteiger partial charge is 0.489 e. The minimum Gasteiger partial charge on any atom is -0.489 e. The molecule has 2 N–H and O–H groups in total. The van der Waals surface area contributed by atoms with Gasteiger partial charge in [-0.15, -0.1) is 0 Å². The number of hydrogen-bond donors (Lipinski definition) is 1. The normalized spacial score (nSPS) is 10.5. The molecule has 0 aliphatic rings. The lowest BCUT2D eigenvalue weighted by atomic mass is 9.99. The fraction of sp³-hybridized carbons (Fsp3) is 0.143. The smallest absolute Gasteiger partial charge is 0.119 e. The van der Waals surface area contributed by atoms with Gasteiger partial charge in [-0.25, -0.2) is 0 Å². The standard InChI is InChI=1S/C21H21NO/c1-16-10-18(14-22)13-20(11-16)19-7-5-6-17(12-19)15-23-21-8-3-2-4-9-21/h2-13H,14-15,22H2,1H3. The molecule has 23 heavy (non-hydrogen) atoms. The highest BCUT2D eigenvalue weighted by molar-refractivity contribution is 5.66. The minimum absolute atomic E-state index is 0.561. The van der Waals surface area contributed by atoms with Gasteiger partial charge in [0.2, 0.25) is 0 Å². The third kappa shape index (κ3) is 3.99. The topological polar surface area (TPSA) is 35.2 Å². The zero-order valence-electron chi connectivity index (χ0n) is 13.3. The Labute approximate surface area is 137 Å². The van der Waals surface area contributed by atoms with E-state index in [0.29, 0.717) is 13.2 Å². The van der Waals surface area contributed by atoms with Gasteiger partial charge < -0.3 is 10.5 Å². The van der Waals surface area contributed by atoms with Crippen molar-refractivity contribution in [2.24, 2.45) is 5.73 Å². The Morgan fingerprint density at radius 2 is 1.57 bits per heavy atom. The van der Waals surface area contributed by atoms with E-state index < -0.39 is 0 Å². The summed E-state index contributed by atoms with van der Waals surface area (Å²) in [7, 11) is 0. The van der Waals surface area contributed by atoms with E-state index in [4.69, 9.17) is 10.5 Å². The lowest BCUT2D eigenvalue weighted by Gasteiger charge is -2.10. The molecule has 3 rings (SSSR count). The first-order valence-corrected chi connectivity index (χ1v) is 7.82. The quantitative estimate of drug-likeness (QED) is 0.741. The van der Waals surface area contributed by atoms with E-state index in [1.165, 1.54) is 16.7 Å². The van der Waals surface area contributed by atoms with Gasteiger partial charge in [-0.05, 0) is 53.4 Å². The number of para-hydroxylation sites is 1. The highest BCUT2D eigenvalue weighted by Gasteiger charge is 2.03. The molecule has 0 spiro atoms. The zero-order chi connectivity index (χ0) is 16.1. The predicted molar refractivity (Wildman–Crippen MR) is 95.3 cm³/mol. The van der Waals surface area contributed by atoms with Crippen molar-refractivity contribution in [1.29, 1.82) is 0 Å². The minimum atomic E-state index is 0.561. The summed E-state index contributed by atoms with van der Waals surface area (Å²) in [4.78, 5) is 0. The van der Waals surface area contributed by atoms with Gasteiger partial charge in [0.15, 0.2) is 0 Å². The highest BCUT2D eigenvalue weighted by Crippen LogP contribution is 2.24. The van der Waals surface area contributed by atoms with E-state index in [1.54, 1.807) is 0 Å². The van der Waals surface area contributed by atoms with Gasteiger partial charge in [-0.3, -0.25) is 0 Å². The number of aryl methyl sites for hydroxylation is 1. The van der Waals surface area contributed by atoms with Crippen molar-refractivity contribution < 1.29 is 4.74 Å². The number of ether oxygens (including phenoxy) is 1. The predicted octanol–water partition coefficient (Wildman–Crippen LogP) is 4.70. The molecular weight excluding hydrogens is 282 g/mol. The Balaban J connectivity index is 1.81. The van der Waals surface area contributed by atoms with Gasteiger partial charge in [0.1, 0.15) is 12.4 Å². The van der Waals surface area contributed by atoms with Crippen LogP contribution >= 0.6 is 0 Å². The molecule has 0 aliphatic heterocycles. The van der Waals surface area contributed by atoms with E-state index >= 15 is 0 Å². The van der Waals surface area contributed by atoms with Crippen LogP contribution in [0.2, 0.25) is 0 Å². The van der Waals surface area contributed by atoms with Gasteiger partial charge in [0.25, 0.3) is 0 Å². The van der Waals surface area contributed by atoms with Gasteiger partial charge >= 0.3 is 0 Å². The molecule has 0 bridgehead atoms. The highest BCUT2D eigenvalue weighted by atomic mass is 16.5. The number of benzene rings is 3. The van der Waals surface area contributed by atoms with E-state index in [2.05, 4.69) is 49.4 Å². The molecule has 0 atom stereocenters. The second-order valence-corrected chi connectivity index (χ2v) is 5.71. The summed E-state index contributed by atoms with van der Waals surface area (Å²) in [5, 5.41) is 0. The second-order valence-electron chi connectivity index (χ2n) is 5.71. The first-order valence-electron chi connectivity index (χ1n) is 7.82. The maximum atomic E-state index is 5.83. The van der Waals surface area contributed by atoms with Crippen LogP contribution in [0.4, 0.5) is 0 Å². The molecule has 0 saturated carbocycles. The van der Waals surface area contributed by atoms with Crippen LogP contribution in [-0.2, 0) is 13.2 Å². The number of hydrogen-bond acceptors (Lipinski definition) is 2. The van der Waals surface area contributed by atoms with E-state index in [1.807, 2.05) is 30.3 Å². The van der Waals surface area contributed by atoms with Crippen molar-refractivity contribution in [1.82, 2.24) is 0 Å². The Hall–Kier alpha value is -2.58. The van der Waals surface area contributed by atoms with Crippen LogP contribution in [0.3, 0.4) is 0 Å².